The molecular formula is C13H17N5S2. The Morgan fingerprint density at radius 1 is 1.25 bits per heavy atom. The third-order valence-electron chi connectivity index (χ3n) is 3.63. The molecule has 5 nitrogen and oxygen atoms in total. The zero-order chi connectivity index (χ0) is 13.4. The van der Waals surface area contributed by atoms with Gasteiger partial charge in [-0.1, -0.05) is 0 Å². The van der Waals surface area contributed by atoms with E-state index in [9.17, 15) is 0 Å². The van der Waals surface area contributed by atoms with E-state index in [2.05, 4.69) is 44.1 Å². The van der Waals surface area contributed by atoms with Gasteiger partial charge in [-0.2, -0.15) is 28.0 Å². The summed E-state index contributed by atoms with van der Waals surface area (Å²) in [4.78, 5) is 0. The molecule has 4 rings (SSSR count). The molecular weight excluding hydrogens is 290 g/mol. The average molecular weight is 307 g/mol. The van der Waals surface area contributed by atoms with Gasteiger partial charge in [0.15, 0.2) is 11.5 Å². The minimum absolute atomic E-state index is 0.568. The van der Waals surface area contributed by atoms with Crippen molar-refractivity contribution in [2.45, 2.75) is 24.0 Å². The van der Waals surface area contributed by atoms with Crippen LogP contribution in [0.1, 0.15) is 24.6 Å². The Bertz CT molecular complexity index is 604. The molecule has 1 atom stereocenters. The zero-order valence-electron chi connectivity index (χ0n) is 11.2. The van der Waals surface area contributed by atoms with Crippen LogP contribution in [-0.4, -0.2) is 48.9 Å². The first-order valence-corrected chi connectivity index (χ1v) is 9.26. The normalized spacial score (nSPS) is 23.1. The number of fused-ring (bicyclic) bond motifs is 1. The summed E-state index contributed by atoms with van der Waals surface area (Å²) in [6.07, 6.45) is 2.44. The molecule has 1 unspecified atom stereocenters. The van der Waals surface area contributed by atoms with Crippen LogP contribution in [0.4, 0.5) is 5.82 Å². The van der Waals surface area contributed by atoms with Crippen LogP contribution in [0.25, 0.3) is 5.65 Å². The number of hydrogen-bond donors (Lipinski definition) is 1. The van der Waals surface area contributed by atoms with Crippen molar-refractivity contribution in [3.63, 3.8) is 0 Å². The SMILES string of the molecule is c1cc2nnc(C3CC3)n2nc1NCC1CSCCS1. The standard InChI is InChI=1S/C13H17N5S2/c1-2-9(1)13-16-15-12-4-3-11(17-18(12)13)14-7-10-8-19-5-6-20-10/h3-4,9-10H,1-2,5-8H2,(H,14,17). The maximum Gasteiger partial charge on any atom is 0.178 e. The molecule has 2 aliphatic rings. The Morgan fingerprint density at radius 3 is 3.00 bits per heavy atom. The lowest BCUT2D eigenvalue weighted by atomic mass is 10.4. The van der Waals surface area contributed by atoms with Crippen LogP contribution < -0.4 is 5.32 Å². The molecule has 0 aromatic carbocycles. The molecule has 0 radical (unpaired) electrons. The summed E-state index contributed by atoms with van der Waals surface area (Å²) >= 11 is 4.11. The molecule has 2 fully saturated rings. The van der Waals surface area contributed by atoms with E-state index in [4.69, 9.17) is 0 Å². The van der Waals surface area contributed by atoms with Crippen LogP contribution in [0.2, 0.25) is 0 Å². The molecule has 20 heavy (non-hydrogen) atoms. The number of thioether (sulfide) groups is 2. The van der Waals surface area contributed by atoms with Crippen molar-refractivity contribution in [3.8, 4) is 0 Å². The van der Waals surface area contributed by atoms with E-state index in [1.807, 2.05) is 16.6 Å². The first kappa shape index (κ1) is 12.8. The number of rotatable bonds is 4. The van der Waals surface area contributed by atoms with E-state index in [0.29, 0.717) is 11.2 Å². The minimum atomic E-state index is 0.568. The number of aromatic nitrogens is 4. The molecule has 3 heterocycles. The topological polar surface area (TPSA) is 55.1 Å². The van der Waals surface area contributed by atoms with E-state index in [0.717, 1.165) is 23.8 Å². The van der Waals surface area contributed by atoms with Gasteiger partial charge in [0.05, 0.1) is 0 Å². The average Bonchev–Trinajstić information content (AvgIpc) is 3.26. The van der Waals surface area contributed by atoms with Crippen molar-refractivity contribution in [1.82, 2.24) is 19.8 Å². The van der Waals surface area contributed by atoms with Gasteiger partial charge in [0.1, 0.15) is 5.82 Å². The highest BCUT2D eigenvalue weighted by atomic mass is 32.2. The highest BCUT2D eigenvalue weighted by Crippen LogP contribution is 2.38. The van der Waals surface area contributed by atoms with E-state index >= 15 is 0 Å². The van der Waals surface area contributed by atoms with Crippen LogP contribution in [-0.2, 0) is 0 Å². The second-order valence-electron chi connectivity index (χ2n) is 5.27. The molecule has 1 N–H and O–H groups in total. The third kappa shape index (κ3) is 2.61. The monoisotopic (exact) mass is 307 g/mol. The van der Waals surface area contributed by atoms with Gasteiger partial charge in [0.25, 0.3) is 0 Å². The molecule has 106 valence electrons. The summed E-state index contributed by atoms with van der Waals surface area (Å²) in [5.74, 6) is 6.30. The van der Waals surface area contributed by atoms with Gasteiger partial charge in [0.2, 0.25) is 0 Å². The summed E-state index contributed by atoms with van der Waals surface area (Å²) in [5, 5.41) is 17.2. The fourth-order valence-corrected chi connectivity index (χ4v) is 4.98. The summed E-state index contributed by atoms with van der Waals surface area (Å²) in [7, 11) is 0. The molecule has 0 amide bonds. The molecule has 1 aliphatic heterocycles. The molecule has 2 aromatic rings. The van der Waals surface area contributed by atoms with Gasteiger partial charge in [-0.25, -0.2) is 0 Å². The Labute approximate surface area is 126 Å². The summed E-state index contributed by atoms with van der Waals surface area (Å²) < 4.78 is 1.91. The number of hydrogen-bond acceptors (Lipinski definition) is 6. The minimum Gasteiger partial charge on any atom is -0.367 e. The van der Waals surface area contributed by atoms with Gasteiger partial charge in [-0.15, -0.1) is 15.3 Å². The lowest BCUT2D eigenvalue weighted by molar-refractivity contribution is 0.813. The first-order chi connectivity index (χ1) is 9.90. The highest BCUT2D eigenvalue weighted by Gasteiger charge is 2.29. The van der Waals surface area contributed by atoms with Gasteiger partial charge < -0.3 is 5.32 Å². The van der Waals surface area contributed by atoms with Gasteiger partial charge in [0, 0.05) is 35.0 Å². The van der Waals surface area contributed by atoms with Crippen molar-refractivity contribution >= 4 is 35.0 Å². The Morgan fingerprint density at radius 2 is 2.20 bits per heavy atom. The Kier molecular flexibility index (Phi) is 3.47. The predicted octanol–water partition coefficient (Wildman–Crippen LogP) is 2.26. The van der Waals surface area contributed by atoms with Crippen molar-refractivity contribution in [2.75, 3.05) is 29.1 Å². The Balaban J connectivity index is 1.49. The quantitative estimate of drug-likeness (QED) is 0.935. The van der Waals surface area contributed by atoms with E-state index in [1.165, 1.54) is 30.1 Å². The first-order valence-electron chi connectivity index (χ1n) is 7.06. The third-order valence-corrected chi connectivity index (χ3v) is 6.47. The molecule has 0 bridgehead atoms. The smallest absolute Gasteiger partial charge is 0.178 e. The second kappa shape index (κ2) is 5.44. The fourth-order valence-electron chi connectivity index (χ4n) is 2.37. The van der Waals surface area contributed by atoms with Gasteiger partial charge in [-0.05, 0) is 25.0 Å². The van der Waals surface area contributed by atoms with Gasteiger partial charge in [-0.3, -0.25) is 0 Å². The van der Waals surface area contributed by atoms with Crippen molar-refractivity contribution in [1.29, 1.82) is 0 Å². The number of nitrogens with zero attached hydrogens (tertiary/aromatic N) is 4. The lowest BCUT2D eigenvalue weighted by Crippen LogP contribution is -2.23. The molecule has 0 spiro atoms. The largest absolute Gasteiger partial charge is 0.367 e. The van der Waals surface area contributed by atoms with Crippen molar-refractivity contribution in [3.05, 3.63) is 18.0 Å². The fraction of sp³-hybridized carbons (Fsp3) is 0.615. The molecule has 2 aromatic heterocycles. The van der Waals surface area contributed by atoms with Crippen LogP contribution in [0.15, 0.2) is 12.1 Å². The van der Waals surface area contributed by atoms with E-state index < -0.39 is 0 Å². The summed E-state index contributed by atoms with van der Waals surface area (Å²) in [6.45, 7) is 0.983. The maximum atomic E-state index is 4.65. The van der Waals surface area contributed by atoms with Crippen LogP contribution in [0.5, 0.6) is 0 Å². The van der Waals surface area contributed by atoms with Crippen LogP contribution >= 0.6 is 23.5 Å². The van der Waals surface area contributed by atoms with Crippen LogP contribution in [0.3, 0.4) is 0 Å². The van der Waals surface area contributed by atoms with Crippen LogP contribution in [0, 0.1) is 0 Å². The zero-order valence-corrected chi connectivity index (χ0v) is 12.8. The van der Waals surface area contributed by atoms with E-state index in [-0.39, 0.29) is 0 Å². The molecule has 1 aliphatic carbocycles. The number of anilines is 1. The molecule has 1 saturated carbocycles. The summed E-state index contributed by atoms with van der Waals surface area (Å²) in [6, 6.07) is 4.00. The Hall–Kier alpha value is -0.950. The van der Waals surface area contributed by atoms with Crippen molar-refractivity contribution in [2.24, 2.45) is 0 Å². The lowest BCUT2D eigenvalue weighted by Gasteiger charge is -2.21. The molecule has 7 heteroatoms. The highest BCUT2D eigenvalue weighted by molar-refractivity contribution is 8.06. The van der Waals surface area contributed by atoms with E-state index in [1.54, 1.807) is 0 Å². The molecule has 1 saturated heterocycles. The second-order valence-corrected chi connectivity index (χ2v) is 7.83. The predicted molar refractivity (Wildman–Crippen MR) is 84.8 cm³/mol. The van der Waals surface area contributed by atoms with Gasteiger partial charge >= 0.3 is 0 Å². The number of nitrogens with one attached hydrogen (secondary N) is 1. The van der Waals surface area contributed by atoms with Crippen molar-refractivity contribution < 1.29 is 0 Å². The maximum absolute atomic E-state index is 4.65. The summed E-state index contributed by atoms with van der Waals surface area (Å²) in [5.41, 5.74) is 0.847.